The molecule has 1 aromatic heterocycles. The first-order valence-corrected chi connectivity index (χ1v) is 8.31. The molecule has 124 valence electrons. The summed E-state index contributed by atoms with van der Waals surface area (Å²) in [7, 11) is 0. The molecule has 0 saturated carbocycles. The lowest BCUT2D eigenvalue weighted by Gasteiger charge is -2.44. The second-order valence-electron chi connectivity index (χ2n) is 6.49. The third-order valence-corrected chi connectivity index (χ3v) is 5.36. The highest BCUT2D eigenvalue weighted by atomic mass is 35.5. The molecule has 2 aromatic rings. The minimum atomic E-state index is 0. The standard InChI is InChI=1S/C17H20ClN3O.ClH/c18-15-3-1-13(2-4-15)16-11-21(19-17(16)22)10-14-9-20-7-5-12(14)6-8-20;/h1-4,11-12,14H,5-10H2,(H,19,22);1H. The average Bonchev–Trinajstić information content (AvgIpc) is 2.90. The van der Waals surface area contributed by atoms with Gasteiger partial charge in [0.1, 0.15) is 0 Å². The minimum Gasteiger partial charge on any atom is -0.492 e. The molecule has 3 fully saturated rings. The van der Waals surface area contributed by atoms with Crippen LogP contribution in [0.25, 0.3) is 11.1 Å². The number of rotatable bonds is 3. The number of aromatic hydroxyl groups is 1. The highest BCUT2D eigenvalue weighted by Crippen LogP contribution is 2.34. The van der Waals surface area contributed by atoms with Crippen LogP contribution in [0.4, 0.5) is 0 Å². The summed E-state index contributed by atoms with van der Waals surface area (Å²) in [4.78, 5) is 2.55. The maximum absolute atomic E-state index is 10.1. The Kier molecular flexibility index (Phi) is 4.85. The van der Waals surface area contributed by atoms with E-state index in [1.807, 2.05) is 35.1 Å². The van der Waals surface area contributed by atoms with Crippen LogP contribution in [0, 0.1) is 11.8 Å². The van der Waals surface area contributed by atoms with Crippen molar-refractivity contribution in [2.24, 2.45) is 11.8 Å². The Morgan fingerprint density at radius 1 is 1.17 bits per heavy atom. The molecule has 3 aliphatic rings. The van der Waals surface area contributed by atoms with Crippen molar-refractivity contribution in [3.8, 4) is 17.0 Å². The maximum Gasteiger partial charge on any atom is 0.238 e. The van der Waals surface area contributed by atoms with Crippen molar-refractivity contribution in [1.82, 2.24) is 14.7 Å². The topological polar surface area (TPSA) is 41.3 Å². The summed E-state index contributed by atoms with van der Waals surface area (Å²) < 4.78 is 1.91. The van der Waals surface area contributed by atoms with Gasteiger partial charge in [0, 0.05) is 24.3 Å². The van der Waals surface area contributed by atoms with Gasteiger partial charge in [-0.2, -0.15) is 0 Å². The maximum atomic E-state index is 10.1. The third kappa shape index (κ3) is 3.35. The zero-order valence-electron chi connectivity index (χ0n) is 12.9. The number of halogens is 2. The molecule has 3 saturated heterocycles. The van der Waals surface area contributed by atoms with Crippen molar-refractivity contribution in [1.29, 1.82) is 0 Å². The van der Waals surface area contributed by atoms with Gasteiger partial charge in [-0.3, -0.25) is 4.68 Å². The number of hydrogen-bond donors (Lipinski definition) is 1. The molecule has 1 N–H and O–H groups in total. The summed E-state index contributed by atoms with van der Waals surface area (Å²) in [6.45, 7) is 4.56. The lowest BCUT2D eigenvalue weighted by molar-refractivity contribution is 0.0404. The van der Waals surface area contributed by atoms with Crippen LogP contribution in [-0.4, -0.2) is 39.4 Å². The minimum absolute atomic E-state index is 0. The molecule has 6 heteroatoms. The SMILES string of the molecule is Cl.Oc1nn(CC2CN3CCC2CC3)cc1-c1ccc(Cl)cc1. The van der Waals surface area contributed by atoms with Crippen LogP contribution >= 0.6 is 24.0 Å². The molecule has 1 atom stereocenters. The lowest BCUT2D eigenvalue weighted by Crippen LogP contribution is -2.48. The molecule has 3 aliphatic heterocycles. The first-order valence-electron chi connectivity index (χ1n) is 7.94. The quantitative estimate of drug-likeness (QED) is 0.914. The Morgan fingerprint density at radius 2 is 1.87 bits per heavy atom. The van der Waals surface area contributed by atoms with Crippen molar-refractivity contribution in [3.63, 3.8) is 0 Å². The molecule has 1 unspecified atom stereocenters. The van der Waals surface area contributed by atoms with Crippen LogP contribution in [0.3, 0.4) is 0 Å². The van der Waals surface area contributed by atoms with Gasteiger partial charge >= 0.3 is 0 Å². The van der Waals surface area contributed by atoms with Gasteiger partial charge in [-0.1, -0.05) is 23.7 Å². The largest absolute Gasteiger partial charge is 0.492 e. The van der Waals surface area contributed by atoms with E-state index in [4.69, 9.17) is 11.6 Å². The zero-order valence-corrected chi connectivity index (χ0v) is 14.4. The van der Waals surface area contributed by atoms with Gasteiger partial charge in [-0.05, 0) is 55.5 Å². The fourth-order valence-corrected chi connectivity index (χ4v) is 4.00. The van der Waals surface area contributed by atoms with Crippen LogP contribution in [0.5, 0.6) is 5.88 Å². The summed E-state index contributed by atoms with van der Waals surface area (Å²) in [6, 6.07) is 7.50. The Morgan fingerprint density at radius 3 is 2.48 bits per heavy atom. The summed E-state index contributed by atoms with van der Waals surface area (Å²) in [5.41, 5.74) is 1.72. The van der Waals surface area contributed by atoms with E-state index < -0.39 is 0 Å². The van der Waals surface area contributed by atoms with E-state index in [0.29, 0.717) is 10.9 Å². The van der Waals surface area contributed by atoms with E-state index in [1.54, 1.807) is 0 Å². The molecule has 4 nitrogen and oxygen atoms in total. The smallest absolute Gasteiger partial charge is 0.238 e. The first-order chi connectivity index (χ1) is 10.7. The highest BCUT2D eigenvalue weighted by molar-refractivity contribution is 6.30. The zero-order chi connectivity index (χ0) is 15.1. The van der Waals surface area contributed by atoms with Crippen LogP contribution in [0.15, 0.2) is 30.5 Å². The number of hydrogen-bond acceptors (Lipinski definition) is 3. The molecular weight excluding hydrogens is 333 g/mol. The molecular formula is C17H21Cl2N3O. The molecule has 0 aliphatic carbocycles. The van der Waals surface area contributed by atoms with Gasteiger partial charge in [0.2, 0.25) is 5.88 Å². The predicted molar refractivity (Wildman–Crippen MR) is 94.2 cm³/mol. The predicted octanol–water partition coefficient (Wildman–Crippen LogP) is 3.67. The molecule has 23 heavy (non-hydrogen) atoms. The van der Waals surface area contributed by atoms with Gasteiger partial charge in [-0.25, -0.2) is 0 Å². The summed E-state index contributed by atoms with van der Waals surface area (Å²) >= 11 is 5.92. The van der Waals surface area contributed by atoms with E-state index in [2.05, 4.69) is 10.00 Å². The van der Waals surface area contributed by atoms with E-state index in [9.17, 15) is 5.11 Å². The Balaban J connectivity index is 0.00000156. The second kappa shape index (κ2) is 6.71. The number of fused-ring (bicyclic) bond motifs is 3. The van der Waals surface area contributed by atoms with E-state index >= 15 is 0 Å². The molecule has 4 heterocycles. The van der Waals surface area contributed by atoms with Crippen molar-refractivity contribution < 1.29 is 5.11 Å². The van der Waals surface area contributed by atoms with Gasteiger partial charge in [0.15, 0.2) is 0 Å². The molecule has 0 amide bonds. The highest BCUT2D eigenvalue weighted by Gasteiger charge is 2.34. The normalized spacial score (nSPS) is 26.0. The fourth-order valence-electron chi connectivity index (χ4n) is 3.87. The number of piperidine rings is 3. The Labute approximate surface area is 147 Å². The first kappa shape index (κ1) is 16.6. The van der Waals surface area contributed by atoms with Crippen molar-refractivity contribution in [2.75, 3.05) is 19.6 Å². The van der Waals surface area contributed by atoms with Crippen LogP contribution in [0.1, 0.15) is 12.8 Å². The van der Waals surface area contributed by atoms with Crippen molar-refractivity contribution in [3.05, 3.63) is 35.5 Å². The molecule has 2 bridgehead atoms. The van der Waals surface area contributed by atoms with E-state index in [0.717, 1.165) is 23.6 Å². The Bertz CT molecular complexity index is 663. The lowest BCUT2D eigenvalue weighted by atomic mass is 9.79. The second-order valence-corrected chi connectivity index (χ2v) is 6.93. The number of aromatic nitrogens is 2. The molecule has 1 aromatic carbocycles. The van der Waals surface area contributed by atoms with Gasteiger partial charge in [0.25, 0.3) is 0 Å². The van der Waals surface area contributed by atoms with Gasteiger partial charge in [0.05, 0.1) is 5.56 Å². The summed E-state index contributed by atoms with van der Waals surface area (Å²) in [6.07, 6.45) is 4.57. The molecule has 0 spiro atoms. The van der Waals surface area contributed by atoms with Crippen LogP contribution in [0.2, 0.25) is 5.02 Å². The van der Waals surface area contributed by atoms with E-state index in [1.165, 1.54) is 32.5 Å². The third-order valence-electron chi connectivity index (χ3n) is 5.11. The fraction of sp³-hybridized carbons (Fsp3) is 0.471. The van der Waals surface area contributed by atoms with Crippen LogP contribution < -0.4 is 0 Å². The van der Waals surface area contributed by atoms with Crippen molar-refractivity contribution >= 4 is 24.0 Å². The van der Waals surface area contributed by atoms with Crippen LogP contribution in [-0.2, 0) is 6.54 Å². The number of benzene rings is 1. The monoisotopic (exact) mass is 353 g/mol. The average molecular weight is 354 g/mol. The molecule has 5 rings (SSSR count). The summed E-state index contributed by atoms with van der Waals surface area (Å²) in [5.74, 6) is 1.57. The van der Waals surface area contributed by atoms with Gasteiger partial charge in [-0.15, -0.1) is 17.5 Å². The summed E-state index contributed by atoms with van der Waals surface area (Å²) in [5, 5.41) is 15.1. The van der Waals surface area contributed by atoms with Crippen molar-refractivity contribution in [2.45, 2.75) is 19.4 Å². The van der Waals surface area contributed by atoms with E-state index in [-0.39, 0.29) is 18.3 Å². The molecule has 0 radical (unpaired) electrons. The Hall–Kier alpha value is -1.23. The van der Waals surface area contributed by atoms with Gasteiger partial charge < -0.3 is 10.0 Å². The number of nitrogens with zero attached hydrogens (tertiary/aromatic N) is 3.